The monoisotopic (exact) mass is 210 g/mol. The first-order valence-electron chi connectivity index (χ1n) is 6.13. The number of aliphatic imine (C=N–C) groups is 1. The van der Waals surface area contributed by atoms with Gasteiger partial charge >= 0.3 is 0 Å². The highest BCUT2D eigenvalue weighted by atomic mass is 16.5. The summed E-state index contributed by atoms with van der Waals surface area (Å²) in [6.07, 6.45) is 7.14. The molecule has 15 heavy (non-hydrogen) atoms. The molecule has 2 rings (SSSR count). The normalized spacial score (nSPS) is 28.2. The lowest BCUT2D eigenvalue weighted by Crippen LogP contribution is -2.35. The largest absolute Gasteiger partial charge is 0.387 e. The number of hydrogen-bond acceptors (Lipinski definition) is 2. The molecule has 2 N–H and O–H groups in total. The SMILES string of the molecule is CC1(N=C(N)C2CCCC2)CCOCC1. The minimum atomic E-state index is 0.0466. The molecule has 0 unspecified atom stereocenters. The fourth-order valence-corrected chi connectivity index (χ4v) is 2.55. The molecule has 0 radical (unpaired) electrons. The van der Waals surface area contributed by atoms with E-state index in [4.69, 9.17) is 15.5 Å². The van der Waals surface area contributed by atoms with Gasteiger partial charge in [-0.05, 0) is 32.6 Å². The second kappa shape index (κ2) is 4.52. The fourth-order valence-electron chi connectivity index (χ4n) is 2.55. The van der Waals surface area contributed by atoms with Crippen LogP contribution in [-0.2, 0) is 4.74 Å². The Morgan fingerprint density at radius 2 is 1.87 bits per heavy atom. The van der Waals surface area contributed by atoms with Crippen LogP contribution in [0.4, 0.5) is 0 Å². The Morgan fingerprint density at radius 3 is 2.47 bits per heavy atom. The van der Waals surface area contributed by atoms with Gasteiger partial charge in [0.2, 0.25) is 0 Å². The third-order valence-electron chi connectivity index (χ3n) is 3.74. The molecule has 1 saturated carbocycles. The van der Waals surface area contributed by atoms with Gasteiger partial charge in [0.25, 0.3) is 0 Å². The van der Waals surface area contributed by atoms with E-state index in [-0.39, 0.29) is 5.54 Å². The van der Waals surface area contributed by atoms with Crippen molar-refractivity contribution in [2.75, 3.05) is 13.2 Å². The van der Waals surface area contributed by atoms with Crippen LogP contribution in [0, 0.1) is 5.92 Å². The van der Waals surface area contributed by atoms with Crippen molar-refractivity contribution in [2.24, 2.45) is 16.6 Å². The lowest BCUT2D eigenvalue weighted by molar-refractivity contribution is 0.0600. The van der Waals surface area contributed by atoms with Gasteiger partial charge in [-0.2, -0.15) is 0 Å². The average Bonchev–Trinajstić information content (AvgIpc) is 2.70. The van der Waals surface area contributed by atoms with E-state index in [1.54, 1.807) is 0 Å². The summed E-state index contributed by atoms with van der Waals surface area (Å²) in [5.41, 5.74) is 6.15. The molecule has 2 fully saturated rings. The van der Waals surface area contributed by atoms with Crippen molar-refractivity contribution in [1.29, 1.82) is 0 Å². The molecule has 0 atom stereocenters. The standard InChI is InChI=1S/C12H22N2O/c1-12(6-8-15-9-7-12)14-11(13)10-4-2-3-5-10/h10H,2-9H2,1H3,(H2,13,14). The van der Waals surface area contributed by atoms with Crippen molar-refractivity contribution in [3.63, 3.8) is 0 Å². The predicted molar refractivity (Wildman–Crippen MR) is 62.0 cm³/mol. The molecule has 3 heteroatoms. The first kappa shape index (κ1) is 10.9. The van der Waals surface area contributed by atoms with Crippen molar-refractivity contribution >= 4 is 5.84 Å². The Labute approximate surface area is 92.1 Å². The van der Waals surface area contributed by atoms with E-state index in [2.05, 4.69) is 6.92 Å². The molecule has 0 spiro atoms. The molecule has 0 aromatic carbocycles. The first-order chi connectivity index (χ1) is 7.20. The average molecular weight is 210 g/mol. The van der Waals surface area contributed by atoms with E-state index < -0.39 is 0 Å². The maximum Gasteiger partial charge on any atom is 0.0975 e. The van der Waals surface area contributed by atoms with E-state index in [9.17, 15) is 0 Å². The molecule has 0 aromatic rings. The zero-order valence-electron chi connectivity index (χ0n) is 9.67. The number of hydrogen-bond donors (Lipinski definition) is 1. The molecular weight excluding hydrogens is 188 g/mol. The van der Waals surface area contributed by atoms with Crippen LogP contribution in [0.25, 0.3) is 0 Å². The summed E-state index contributed by atoms with van der Waals surface area (Å²) in [4.78, 5) is 4.76. The van der Waals surface area contributed by atoms with Gasteiger partial charge in [0.05, 0.1) is 11.4 Å². The second-order valence-electron chi connectivity index (χ2n) is 5.13. The van der Waals surface area contributed by atoms with Gasteiger partial charge in [-0.25, -0.2) is 0 Å². The molecule has 1 heterocycles. The van der Waals surface area contributed by atoms with E-state index in [1.165, 1.54) is 25.7 Å². The maximum atomic E-state index is 6.10. The second-order valence-corrected chi connectivity index (χ2v) is 5.13. The van der Waals surface area contributed by atoms with Crippen LogP contribution in [0.2, 0.25) is 0 Å². The quantitative estimate of drug-likeness (QED) is 0.560. The zero-order chi connectivity index (χ0) is 10.7. The molecule has 1 saturated heterocycles. The Balaban J connectivity index is 1.99. The number of amidine groups is 1. The highest BCUT2D eigenvalue weighted by molar-refractivity contribution is 5.83. The Morgan fingerprint density at radius 1 is 1.27 bits per heavy atom. The molecule has 86 valence electrons. The Kier molecular flexibility index (Phi) is 3.29. The van der Waals surface area contributed by atoms with E-state index >= 15 is 0 Å². The lowest BCUT2D eigenvalue weighted by Gasteiger charge is -2.30. The van der Waals surface area contributed by atoms with Gasteiger partial charge in [0.15, 0.2) is 0 Å². The molecule has 0 aromatic heterocycles. The molecule has 2 aliphatic rings. The highest BCUT2D eigenvalue weighted by Crippen LogP contribution is 2.29. The minimum absolute atomic E-state index is 0.0466. The van der Waals surface area contributed by atoms with Gasteiger partial charge in [-0.1, -0.05) is 12.8 Å². The highest BCUT2D eigenvalue weighted by Gasteiger charge is 2.28. The van der Waals surface area contributed by atoms with Gasteiger partial charge in [-0.3, -0.25) is 4.99 Å². The van der Waals surface area contributed by atoms with Gasteiger partial charge in [-0.15, -0.1) is 0 Å². The minimum Gasteiger partial charge on any atom is -0.387 e. The van der Waals surface area contributed by atoms with Crippen LogP contribution in [0.15, 0.2) is 4.99 Å². The summed E-state index contributed by atoms with van der Waals surface area (Å²) in [5, 5.41) is 0. The van der Waals surface area contributed by atoms with Crippen molar-refractivity contribution in [3.8, 4) is 0 Å². The van der Waals surface area contributed by atoms with Gasteiger partial charge in [0.1, 0.15) is 0 Å². The number of ether oxygens (including phenoxy) is 1. The van der Waals surface area contributed by atoms with Gasteiger partial charge < -0.3 is 10.5 Å². The summed E-state index contributed by atoms with van der Waals surface area (Å²) in [6, 6.07) is 0. The van der Waals surface area contributed by atoms with E-state index in [0.29, 0.717) is 5.92 Å². The molecule has 3 nitrogen and oxygen atoms in total. The number of rotatable bonds is 2. The van der Waals surface area contributed by atoms with Gasteiger partial charge in [0, 0.05) is 19.1 Å². The predicted octanol–water partition coefficient (Wildman–Crippen LogP) is 2.10. The summed E-state index contributed by atoms with van der Waals surface area (Å²) in [7, 11) is 0. The molecule has 1 aliphatic carbocycles. The topological polar surface area (TPSA) is 47.6 Å². The molecule has 0 amide bonds. The summed E-state index contributed by atoms with van der Waals surface area (Å²) in [5.74, 6) is 1.46. The van der Waals surface area contributed by atoms with Crippen LogP contribution >= 0.6 is 0 Å². The van der Waals surface area contributed by atoms with E-state index in [0.717, 1.165) is 31.9 Å². The third-order valence-corrected chi connectivity index (χ3v) is 3.74. The van der Waals surface area contributed by atoms with Crippen LogP contribution in [-0.4, -0.2) is 24.6 Å². The zero-order valence-corrected chi connectivity index (χ0v) is 9.67. The van der Waals surface area contributed by atoms with Crippen molar-refractivity contribution < 1.29 is 4.74 Å². The smallest absolute Gasteiger partial charge is 0.0975 e. The maximum absolute atomic E-state index is 6.10. The third kappa shape index (κ3) is 2.71. The van der Waals surface area contributed by atoms with Crippen LogP contribution in [0.5, 0.6) is 0 Å². The van der Waals surface area contributed by atoms with Crippen molar-refractivity contribution in [1.82, 2.24) is 0 Å². The Bertz CT molecular complexity index is 238. The summed E-state index contributed by atoms with van der Waals surface area (Å²) >= 11 is 0. The lowest BCUT2D eigenvalue weighted by atomic mass is 9.93. The molecular formula is C12H22N2O. The van der Waals surface area contributed by atoms with E-state index in [1.807, 2.05) is 0 Å². The fraction of sp³-hybridized carbons (Fsp3) is 0.917. The summed E-state index contributed by atoms with van der Waals surface area (Å²) < 4.78 is 5.36. The van der Waals surface area contributed by atoms with Crippen LogP contribution in [0.3, 0.4) is 0 Å². The number of nitrogens with two attached hydrogens (primary N) is 1. The van der Waals surface area contributed by atoms with Crippen molar-refractivity contribution in [2.45, 2.75) is 51.0 Å². The van der Waals surface area contributed by atoms with Crippen molar-refractivity contribution in [3.05, 3.63) is 0 Å². The first-order valence-corrected chi connectivity index (χ1v) is 6.13. The number of nitrogens with zero attached hydrogens (tertiary/aromatic N) is 1. The van der Waals surface area contributed by atoms with Crippen LogP contribution in [0.1, 0.15) is 45.4 Å². The molecule has 0 bridgehead atoms. The Hall–Kier alpha value is -0.570. The van der Waals surface area contributed by atoms with Crippen LogP contribution < -0.4 is 5.73 Å². The molecule has 1 aliphatic heterocycles. The summed E-state index contributed by atoms with van der Waals surface area (Å²) in [6.45, 7) is 3.87.